The fourth-order valence-corrected chi connectivity index (χ4v) is 1.91. The van der Waals surface area contributed by atoms with Crippen LogP contribution < -0.4 is 20.8 Å². The molecule has 0 saturated heterocycles. The summed E-state index contributed by atoms with van der Waals surface area (Å²) in [6.07, 6.45) is 0. The summed E-state index contributed by atoms with van der Waals surface area (Å²) in [5.41, 5.74) is 12.3. The maximum absolute atomic E-state index is 5.96. The summed E-state index contributed by atoms with van der Waals surface area (Å²) in [6.45, 7) is 0. The first-order valence-corrected chi connectivity index (χ1v) is 6.17. The molecule has 19 heavy (non-hydrogen) atoms. The molecule has 0 aliphatic rings. The maximum Gasteiger partial charge on any atom is 0.576 e. The molecule has 0 radical (unpaired) electrons. The molecular formula is C12H11BCl2N2O2. The van der Waals surface area contributed by atoms with E-state index in [0.717, 1.165) is 0 Å². The van der Waals surface area contributed by atoms with E-state index in [2.05, 4.69) is 0 Å². The molecule has 2 aromatic carbocycles. The van der Waals surface area contributed by atoms with Crippen molar-refractivity contribution in [3.05, 3.63) is 46.4 Å². The molecule has 0 aliphatic carbocycles. The van der Waals surface area contributed by atoms with Gasteiger partial charge in [-0.1, -0.05) is 23.2 Å². The number of rotatable bonds is 4. The molecule has 0 fully saturated rings. The van der Waals surface area contributed by atoms with E-state index in [-0.39, 0.29) is 7.69 Å². The monoisotopic (exact) mass is 296 g/mol. The van der Waals surface area contributed by atoms with Gasteiger partial charge in [0.05, 0.1) is 10.0 Å². The zero-order valence-electron chi connectivity index (χ0n) is 9.90. The molecule has 0 amide bonds. The standard InChI is InChI=1S/C12H11BCl2N2O2/c14-9-5-7(16)1-3-11(9)18-13-19-12-4-2-8(17)6-10(12)15/h1-6,13H,16-17H2. The Bertz CT molecular complexity index is 544. The largest absolute Gasteiger partial charge is 0.576 e. The van der Waals surface area contributed by atoms with Gasteiger partial charge >= 0.3 is 7.69 Å². The summed E-state index contributed by atoms with van der Waals surface area (Å²) in [4.78, 5) is 0. The number of nitrogen functional groups attached to an aromatic ring is 2. The van der Waals surface area contributed by atoms with Crippen LogP contribution in [0.5, 0.6) is 11.5 Å². The van der Waals surface area contributed by atoms with Gasteiger partial charge in [-0.15, -0.1) is 0 Å². The van der Waals surface area contributed by atoms with Gasteiger partial charge in [-0.25, -0.2) is 0 Å². The van der Waals surface area contributed by atoms with E-state index in [0.29, 0.717) is 32.9 Å². The maximum atomic E-state index is 5.96. The minimum atomic E-state index is -0.0206. The molecule has 2 rings (SSSR count). The number of halogens is 2. The van der Waals surface area contributed by atoms with Crippen molar-refractivity contribution in [2.75, 3.05) is 11.5 Å². The predicted molar refractivity (Wildman–Crippen MR) is 80.1 cm³/mol. The van der Waals surface area contributed by atoms with Gasteiger partial charge in [0.15, 0.2) is 0 Å². The average Bonchev–Trinajstić information content (AvgIpc) is 2.34. The van der Waals surface area contributed by atoms with Crippen LogP contribution in [-0.4, -0.2) is 7.69 Å². The zero-order valence-corrected chi connectivity index (χ0v) is 11.4. The Morgan fingerprint density at radius 3 is 1.58 bits per heavy atom. The number of hydrogen-bond acceptors (Lipinski definition) is 4. The van der Waals surface area contributed by atoms with Crippen molar-refractivity contribution in [1.82, 2.24) is 0 Å². The summed E-state index contributed by atoms with van der Waals surface area (Å²) in [7, 11) is -0.0206. The Kier molecular flexibility index (Phi) is 4.29. The van der Waals surface area contributed by atoms with Crippen LogP contribution in [0.4, 0.5) is 11.4 Å². The van der Waals surface area contributed by atoms with E-state index in [1.54, 1.807) is 36.4 Å². The van der Waals surface area contributed by atoms with Crippen LogP contribution in [0.2, 0.25) is 10.0 Å². The van der Waals surface area contributed by atoms with Crippen LogP contribution in [0.1, 0.15) is 0 Å². The second-order valence-corrected chi connectivity index (χ2v) is 4.60. The van der Waals surface area contributed by atoms with Gasteiger partial charge in [0.25, 0.3) is 0 Å². The Balaban J connectivity index is 1.96. The van der Waals surface area contributed by atoms with E-state index in [1.165, 1.54) is 0 Å². The lowest BCUT2D eigenvalue weighted by atomic mass is 10.2. The fraction of sp³-hybridized carbons (Fsp3) is 0. The third-order valence-electron chi connectivity index (χ3n) is 2.34. The van der Waals surface area contributed by atoms with Crippen molar-refractivity contribution < 1.29 is 9.31 Å². The molecule has 98 valence electrons. The first kappa shape index (κ1) is 13.7. The molecular weight excluding hydrogens is 286 g/mol. The molecule has 0 bridgehead atoms. The van der Waals surface area contributed by atoms with Gasteiger partial charge in [0, 0.05) is 11.4 Å². The van der Waals surface area contributed by atoms with E-state index < -0.39 is 0 Å². The normalized spacial score (nSPS) is 10.0. The highest BCUT2D eigenvalue weighted by Gasteiger charge is 2.06. The summed E-state index contributed by atoms with van der Waals surface area (Å²) in [5, 5.41) is 0.846. The lowest BCUT2D eigenvalue weighted by molar-refractivity contribution is 0.459. The van der Waals surface area contributed by atoms with E-state index in [1.807, 2.05) is 0 Å². The quantitative estimate of drug-likeness (QED) is 0.672. The van der Waals surface area contributed by atoms with E-state index >= 15 is 0 Å². The van der Waals surface area contributed by atoms with E-state index in [4.69, 9.17) is 44.0 Å². The van der Waals surface area contributed by atoms with Crippen LogP contribution in [0.3, 0.4) is 0 Å². The Morgan fingerprint density at radius 1 is 0.789 bits per heavy atom. The highest BCUT2D eigenvalue weighted by atomic mass is 35.5. The summed E-state index contributed by atoms with van der Waals surface area (Å²) < 4.78 is 10.8. The van der Waals surface area contributed by atoms with Gasteiger partial charge < -0.3 is 20.8 Å². The molecule has 0 saturated carbocycles. The number of hydrogen-bond donors (Lipinski definition) is 2. The summed E-state index contributed by atoms with van der Waals surface area (Å²) in [6, 6.07) is 9.94. The van der Waals surface area contributed by atoms with Crippen molar-refractivity contribution in [3.8, 4) is 11.5 Å². The third kappa shape index (κ3) is 3.62. The summed E-state index contributed by atoms with van der Waals surface area (Å²) in [5.74, 6) is 0.977. The fourth-order valence-electron chi connectivity index (χ4n) is 1.42. The van der Waals surface area contributed by atoms with Crippen LogP contribution in [0.15, 0.2) is 36.4 Å². The smallest absolute Gasteiger partial charge is 0.527 e. The predicted octanol–water partition coefficient (Wildman–Crippen LogP) is 2.88. The van der Waals surface area contributed by atoms with Crippen LogP contribution in [0, 0.1) is 0 Å². The lowest BCUT2D eigenvalue weighted by Crippen LogP contribution is -2.11. The topological polar surface area (TPSA) is 70.5 Å². The third-order valence-corrected chi connectivity index (χ3v) is 2.93. The Hall–Kier alpha value is -1.72. The zero-order chi connectivity index (χ0) is 13.8. The molecule has 0 aliphatic heterocycles. The lowest BCUT2D eigenvalue weighted by Gasteiger charge is -2.10. The Morgan fingerprint density at radius 2 is 1.21 bits per heavy atom. The molecule has 0 aromatic heterocycles. The molecule has 4 nitrogen and oxygen atoms in total. The number of nitrogens with two attached hydrogens (primary N) is 2. The van der Waals surface area contributed by atoms with Gasteiger partial charge in [0.2, 0.25) is 0 Å². The van der Waals surface area contributed by atoms with E-state index in [9.17, 15) is 0 Å². The minimum absolute atomic E-state index is 0.0206. The highest BCUT2D eigenvalue weighted by Crippen LogP contribution is 2.28. The van der Waals surface area contributed by atoms with Crippen molar-refractivity contribution in [1.29, 1.82) is 0 Å². The number of benzene rings is 2. The SMILES string of the molecule is Nc1ccc(OBOc2ccc(N)cc2Cl)c(Cl)c1. The average molecular weight is 297 g/mol. The Labute approximate surface area is 121 Å². The summed E-state index contributed by atoms with van der Waals surface area (Å²) >= 11 is 11.9. The molecule has 0 atom stereocenters. The molecule has 0 spiro atoms. The molecule has 2 aromatic rings. The van der Waals surface area contributed by atoms with Crippen LogP contribution >= 0.6 is 23.2 Å². The first-order chi connectivity index (χ1) is 9.06. The molecule has 0 unspecified atom stereocenters. The van der Waals surface area contributed by atoms with Crippen molar-refractivity contribution >= 4 is 42.3 Å². The van der Waals surface area contributed by atoms with Gasteiger partial charge in [-0.2, -0.15) is 0 Å². The first-order valence-electron chi connectivity index (χ1n) is 5.42. The molecule has 7 heteroatoms. The number of anilines is 2. The van der Waals surface area contributed by atoms with Crippen molar-refractivity contribution in [3.63, 3.8) is 0 Å². The van der Waals surface area contributed by atoms with Crippen molar-refractivity contribution in [2.45, 2.75) is 0 Å². The second-order valence-electron chi connectivity index (χ2n) is 3.79. The second kappa shape index (κ2) is 5.95. The van der Waals surface area contributed by atoms with Gasteiger partial charge in [-0.3, -0.25) is 0 Å². The van der Waals surface area contributed by atoms with Gasteiger partial charge in [-0.05, 0) is 36.4 Å². The van der Waals surface area contributed by atoms with Gasteiger partial charge in [0.1, 0.15) is 11.5 Å². The van der Waals surface area contributed by atoms with Crippen LogP contribution in [-0.2, 0) is 0 Å². The molecule has 4 N–H and O–H groups in total. The molecule has 0 heterocycles. The highest BCUT2D eigenvalue weighted by molar-refractivity contribution is 6.34. The minimum Gasteiger partial charge on any atom is -0.527 e. The van der Waals surface area contributed by atoms with Crippen molar-refractivity contribution in [2.24, 2.45) is 0 Å². The van der Waals surface area contributed by atoms with Crippen LogP contribution in [0.25, 0.3) is 0 Å².